The summed E-state index contributed by atoms with van der Waals surface area (Å²) in [6.45, 7) is 4.33. The highest BCUT2D eigenvalue weighted by Gasteiger charge is 2.42. The second-order valence-electron chi connectivity index (χ2n) is 6.52. The third kappa shape index (κ3) is 2.27. The highest BCUT2D eigenvalue weighted by atomic mass is 19.1. The first-order valence-electron chi connectivity index (χ1n) is 6.80. The Morgan fingerprint density at radius 1 is 1.21 bits per heavy atom. The Balaban J connectivity index is 2.03. The molecule has 0 bridgehead atoms. The van der Waals surface area contributed by atoms with Crippen LogP contribution in [0.1, 0.15) is 45.3 Å². The van der Waals surface area contributed by atoms with Gasteiger partial charge < -0.3 is 9.52 Å². The van der Waals surface area contributed by atoms with Crippen molar-refractivity contribution in [2.75, 3.05) is 0 Å². The lowest BCUT2D eigenvalue weighted by Gasteiger charge is -2.40. The fourth-order valence-electron chi connectivity index (χ4n) is 3.28. The maximum atomic E-state index is 13.2. The monoisotopic (exact) mass is 262 g/mol. The number of hydrogen-bond acceptors (Lipinski definition) is 2. The summed E-state index contributed by atoms with van der Waals surface area (Å²) < 4.78 is 18.9. The highest BCUT2D eigenvalue weighted by molar-refractivity contribution is 5.78. The molecule has 102 valence electrons. The Hall–Kier alpha value is -1.35. The zero-order valence-electron chi connectivity index (χ0n) is 11.4. The normalized spacial score (nSPS) is 26.7. The van der Waals surface area contributed by atoms with Gasteiger partial charge in [-0.2, -0.15) is 0 Å². The molecular formula is C16H19FO2. The fraction of sp³-hybridized carbons (Fsp3) is 0.500. The van der Waals surface area contributed by atoms with Crippen LogP contribution in [0.3, 0.4) is 0 Å². The van der Waals surface area contributed by atoms with Crippen molar-refractivity contribution in [2.24, 2.45) is 5.41 Å². The molecule has 0 spiro atoms. The molecule has 0 aliphatic heterocycles. The molecule has 19 heavy (non-hydrogen) atoms. The lowest BCUT2D eigenvalue weighted by Crippen LogP contribution is -2.36. The average Bonchev–Trinajstić information content (AvgIpc) is 2.70. The lowest BCUT2D eigenvalue weighted by atomic mass is 9.69. The number of furan rings is 1. The molecular weight excluding hydrogens is 243 g/mol. The van der Waals surface area contributed by atoms with Crippen molar-refractivity contribution in [3.63, 3.8) is 0 Å². The van der Waals surface area contributed by atoms with Gasteiger partial charge in [0, 0.05) is 5.39 Å². The average molecular weight is 262 g/mol. The van der Waals surface area contributed by atoms with Crippen molar-refractivity contribution in [1.29, 1.82) is 0 Å². The summed E-state index contributed by atoms with van der Waals surface area (Å²) in [4.78, 5) is 0. The molecule has 1 aliphatic carbocycles. The van der Waals surface area contributed by atoms with Gasteiger partial charge in [-0.25, -0.2) is 4.39 Å². The van der Waals surface area contributed by atoms with Crippen molar-refractivity contribution >= 4 is 11.0 Å². The molecule has 1 N–H and O–H groups in total. The molecule has 0 saturated heterocycles. The standard InChI is InChI=1S/C16H19FO2/c1-15(2)6-3-7-16(18,10-15)14-9-11-8-12(17)4-5-13(11)19-14/h4-5,8-9,18H,3,6-7,10H2,1-2H3. The number of halogens is 1. The van der Waals surface area contributed by atoms with Crippen LogP contribution in [-0.2, 0) is 5.60 Å². The van der Waals surface area contributed by atoms with E-state index in [1.807, 2.05) is 0 Å². The number of fused-ring (bicyclic) bond motifs is 1. The van der Waals surface area contributed by atoms with E-state index in [1.165, 1.54) is 12.1 Å². The van der Waals surface area contributed by atoms with Crippen LogP contribution in [0.4, 0.5) is 4.39 Å². The van der Waals surface area contributed by atoms with E-state index in [-0.39, 0.29) is 11.2 Å². The Bertz CT molecular complexity index is 614. The SMILES string of the molecule is CC1(C)CCCC(O)(c2cc3cc(F)ccc3o2)C1. The Labute approximate surface area is 112 Å². The maximum absolute atomic E-state index is 13.2. The number of benzene rings is 1. The van der Waals surface area contributed by atoms with Gasteiger partial charge in [-0.05, 0) is 55.4 Å². The highest BCUT2D eigenvalue weighted by Crippen LogP contribution is 2.47. The molecule has 1 saturated carbocycles. The lowest BCUT2D eigenvalue weighted by molar-refractivity contribution is -0.0585. The second-order valence-corrected chi connectivity index (χ2v) is 6.52. The molecule has 1 aliphatic rings. The van der Waals surface area contributed by atoms with Crippen LogP contribution < -0.4 is 0 Å². The van der Waals surface area contributed by atoms with Crippen molar-refractivity contribution in [3.05, 3.63) is 35.8 Å². The number of hydrogen-bond donors (Lipinski definition) is 1. The molecule has 3 rings (SSSR count). The van der Waals surface area contributed by atoms with Crippen molar-refractivity contribution < 1.29 is 13.9 Å². The van der Waals surface area contributed by atoms with E-state index in [0.29, 0.717) is 29.6 Å². The molecule has 1 heterocycles. The van der Waals surface area contributed by atoms with E-state index >= 15 is 0 Å². The van der Waals surface area contributed by atoms with Gasteiger partial charge in [-0.3, -0.25) is 0 Å². The summed E-state index contributed by atoms with van der Waals surface area (Å²) in [6.07, 6.45) is 3.49. The third-order valence-corrected chi connectivity index (χ3v) is 4.15. The Morgan fingerprint density at radius 2 is 2.00 bits per heavy atom. The van der Waals surface area contributed by atoms with Gasteiger partial charge in [0.1, 0.15) is 22.8 Å². The summed E-state index contributed by atoms with van der Waals surface area (Å²) in [5, 5.41) is 11.6. The van der Waals surface area contributed by atoms with E-state index in [0.717, 1.165) is 12.8 Å². The van der Waals surface area contributed by atoms with Gasteiger partial charge in [-0.1, -0.05) is 13.8 Å². The minimum Gasteiger partial charge on any atom is -0.458 e. The van der Waals surface area contributed by atoms with Gasteiger partial charge in [0.15, 0.2) is 0 Å². The minimum atomic E-state index is -0.919. The predicted molar refractivity (Wildman–Crippen MR) is 72.3 cm³/mol. The molecule has 0 amide bonds. The van der Waals surface area contributed by atoms with Crippen LogP contribution in [-0.4, -0.2) is 5.11 Å². The quantitative estimate of drug-likeness (QED) is 0.828. The van der Waals surface area contributed by atoms with Gasteiger partial charge in [0.2, 0.25) is 0 Å². The van der Waals surface area contributed by atoms with Crippen LogP contribution in [0.25, 0.3) is 11.0 Å². The van der Waals surface area contributed by atoms with Gasteiger partial charge in [-0.15, -0.1) is 0 Å². The van der Waals surface area contributed by atoms with E-state index in [1.54, 1.807) is 12.1 Å². The van der Waals surface area contributed by atoms with Crippen LogP contribution >= 0.6 is 0 Å². The molecule has 1 unspecified atom stereocenters. The topological polar surface area (TPSA) is 33.4 Å². The van der Waals surface area contributed by atoms with Gasteiger partial charge in [0.25, 0.3) is 0 Å². The predicted octanol–water partition coefficient (Wildman–Crippen LogP) is 4.36. The zero-order valence-corrected chi connectivity index (χ0v) is 11.4. The Kier molecular flexibility index (Phi) is 2.72. The van der Waals surface area contributed by atoms with E-state index in [9.17, 15) is 9.50 Å². The van der Waals surface area contributed by atoms with Crippen LogP contribution in [0.15, 0.2) is 28.7 Å². The van der Waals surface area contributed by atoms with Crippen LogP contribution in [0.2, 0.25) is 0 Å². The number of rotatable bonds is 1. The third-order valence-electron chi connectivity index (χ3n) is 4.15. The van der Waals surface area contributed by atoms with Crippen LogP contribution in [0.5, 0.6) is 0 Å². The van der Waals surface area contributed by atoms with Crippen LogP contribution in [0, 0.1) is 11.2 Å². The number of aliphatic hydroxyl groups is 1. The first kappa shape index (κ1) is 12.7. The smallest absolute Gasteiger partial charge is 0.136 e. The van der Waals surface area contributed by atoms with E-state index < -0.39 is 5.60 Å². The summed E-state index contributed by atoms with van der Waals surface area (Å²) in [7, 11) is 0. The fourth-order valence-corrected chi connectivity index (χ4v) is 3.28. The molecule has 2 nitrogen and oxygen atoms in total. The molecule has 1 aromatic carbocycles. The van der Waals surface area contributed by atoms with Crippen molar-refractivity contribution in [3.8, 4) is 0 Å². The van der Waals surface area contributed by atoms with Gasteiger partial charge >= 0.3 is 0 Å². The Morgan fingerprint density at radius 3 is 2.74 bits per heavy atom. The van der Waals surface area contributed by atoms with E-state index in [4.69, 9.17) is 4.42 Å². The summed E-state index contributed by atoms with van der Waals surface area (Å²) in [6, 6.07) is 6.22. The largest absolute Gasteiger partial charge is 0.458 e. The first-order valence-corrected chi connectivity index (χ1v) is 6.80. The summed E-state index contributed by atoms with van der Waals surface area (Å²) in [5.74, 6) is 0.289. The molecule has 3 heteroatoms. The maximum Gasteiger partial charge on any atom is 0.136 e. The van der Waals surface area contributed by atoms with Crippen molar-refractivity contribution in [2.45, 2.75) is 45.1 Å². The van der Waals surface area contributed by atoms with Gasteiger partial charge in [0.05, 0.1) is 0 Å². The minimum absolute atomic E-state index is 0.108. The summed E-state index contributed by atoms with van der Waals surface area (Å²) in [5.41, 5.74) is -0.178. The zero-order chi connectivity index (χ0) is 13.7. The van der Waals surface area contributed by atoms with Crippen molar-refractivity contribution in [1.82, 2.24) is 0 Å². The first-order chi connectivity index (χ1) is 8.88. The second kappa shape index (κ2) is 4.07. The molecule has 1 aromatic heterocycles. The van der Waals surface area contributed by atoms with E-state index in [2.05, 4.69) is 13.8 Å². The molecule has 1 fully saturated rings. The summed E-state index contributed by atoms with van der Waals surface area (Å²) >= 11 is 0. The molecule has 2 aromatic rings. The molecule has 1 atom stereocenters. The molecule has 0 radical (unpaired) electrons.